The fourth-order valence-electron chi connectivity index (χ4n) is 8.04. The van der Waals surface area contributed by atoms with Gasteiger partial charge in [-0.25, -0.2) is 4.68 Å². The summed E-state index contributed by atoms with van der Waals surface area (Å²) in [6.07, 6.45) is -0.127. The standard InChI is InChI=1S/C42H46F3N9O6/c1-4-47-40-51-37-33(39(59)52-40)24(20-48-37)10-7-22-5-8-23(9-6-22)38(58)49-21-32(56)60-27-14-11-25(12-15-27)50-29-17-26(13-16-28(29)36(46)57)54-30-18-41(2,3)19-31(55)34(30)35(53-54)42(43,44)45/h5-6,8-9,13,16-17,20,25,27,50H,4,7,10-12,14-15,18-19,21H2,1-3H3,(H2,46,57)(H,49,58)(H3,47,48,51,52,59). The number of esters is 1. The van der Waals surface area contributed by atoms with Crippen LogP contribution in [0.4, 0.5) is 24.8 Å². The number of amides is 2. The average molecular weight is 830 g/mol. The molecule has 0 bridgehead atoms. The molecule has 3 aromatic heterocycles. The minimum absolute atomic E-state index is 0.0397. The predicted molar refractivity (Wildman–Crippen MR) is 216 cm³/mol. The number of ether oxygens (including phenoxy) is 1. The molecule has 0 radical (unpaired) electrons. The molecule has 0 aliphatic heterocycles. The Hall–Kier alpha value is -6.46. The lowest BCUT2D eigenvalue weighted by atomic mass is 9.75. The summed E-state index contributed by atoms with van der Waals surface area (Å²) in [6.45, 7) is 5.82. The number of nitrogens with one attached hydrogen (secondary N) is 5. The summed E-state index contributed by atoms with van der Waals surface area (Å²) in [7, 11) is 0. The van der Waals surface area contributed by atoms with Crippen molar-refractivity contribution in [2.45, 2.75) is 90.5 Å². The molecule has 5 aromatic rings. The Bertz CT molecular complexity index is 2510. The predicted octanol–water partition coefficient (Wildman–Crippen LogP) is 5.62. The van der Waals surface area contributed by atoms with Crippen LogP contribution in [-0.4, -0.2) is 73.5 Å². The second kappa shape index (κ2) is 16.7. The average Bonchev–Trinajstić information content (AvgIpc) is 3.79. The Morgan fingerprint density at radius 1 is 1.02 bits per heavy atom. The van der Waals surface area contributed by atoms with E-state index in [1.165, 1.54) is 18.2 Å². The molecule has 18 heteroatoms. The van der Waals surface area contributed by atoms with Crippen molar-refractivity contribution in [3.05, 3.63) is 98.2 Å². The number of aryl methyl sites for hydroxylation is 2. The normalized spacial score (nSPS) is 17.5. The number of H-pyrrole nitrogens is 2. The Balaban J connectivity index is 0.908. The highest BCUT2D eigenvalue weighted by Crippen LogP contribution is 2.42. The number of anilines is 2. The molecule has 2 amide bonds. The number of aromatic nitrogens is 5. The van der Waals surface area contributed by atoms with Crippen LogP contribution in [-0.2, 0) is 35.0 Å². The minimum atomic E-state index is -4.84. The highest BCUT2D eigenvalue weighted by molar-refractivity contribution is 6.01. The zero-order valence-electron chi connectivity index (χ0n) is 33.3. The van der Waals surface area contributed by atoms with Gasteiger partial charge in [-0.05, 0) is 98.7 Å². The van der Waals surface area contributed by atoms with Gasteiger partial charge in [0, 0.05) is 36.5 Å². The molecule has 0 atom stereocenters. The van der Waals surface area contributed by atoms with Crippen LogP contribution in [0.25, 0.3) is 16.7 Å². The van der Waals surface area contributed by atoms with Gasteiger partial charge in [0.2, 0.25) is 5.95 Å². The Labute approximate surface area is 342 Å². The van der Waals surface area contributed by atoms with Gasteiger partial charge in [0.05, 0.1) is 27.9 Å². The molecule has 2 aliphatic rings. The maximum Gasteiger partial charge on any atom is 0.435 e. The van der Waals surface area contributed by atoms with Gasteiger partial charge in [0.15, 0.2) is 11.5 Å². The first-order chi connectivity index (χ1) is 28.5. The number of nitrogens with zero attached hydrogens (tertiary/aromatic N) is 3. The van der Waals surface area contributed by atoms with E-state index in [0.29, 0.717) is 73.3 Å². The number of ketones is 1. The highest BCUT2D eigenvalue weighted by Gasteiger charge is 2.45. The number of hydrogen-bond acceptors (Lipinski definition) is 10. The fourth-order valence-corrected chi connectivity index (χ4v) is 8.04. The third-order valence-corrected chi connectivity index (χ3v) is 10.9. The number of carbonyl (C=O) groups is 4. The zero-order chi connectivity index (χ0) is 42.9. The monoisotopic (exact) mass is 829 g/mol. The third kappa shape index (κ3) is 9.06. The van der Waals surface area contributed by atoms with Crippen LogP contribution in [0.1, 0.15) is 106 Å². The number of halogens is 3. The first-order valence-corrected chi connectivity index (χ1v) is 19.8. The van der Waals surface area contributed by atoms with Crippen LogP contribution in [0, 0.1) is 5.41 Å². The summed E-state index contributed by atoms with van der Waals surface area (Å²) >= 11 is 0. The maximum atomic E-state index is 14.1. The van der Waals surface area contributed by atoms with Crippen LogP contribution in [0.5, 0.6) is 0 Å². The van der Waals surface area contributed by atoms with E-state index in [1.54, 1.807) is 18.3 Å². The van der Waals surface area contributed by atoms with E-state index in [2.05, 4.69) is 36.0 Å². The van der Waals surface area contributed by atoms with Gasteiger partial charge in [0.25, 0.3) is 17.4 Å². The fraction of sp³-hybridized carbons (Fsp3) is 0.405. The van der Waals surface area contributed by atoms with E-state index < -0.39 is 52.5 Å². The molecule has 7 rings (SSSR count). The van der Waals surface area contributed by atoms with Crippen molar-refractivity contribution >= 4 is 46.2 Å². The summed E-state index contributed by atoms with van der Waals surface area (Å²) in [4.78, 5) is 73.7. The van der Waals surface area contributed by atoms with Crippen LogP contribution in [0.15, 0.2) is 53.5 Å². The summed E-state index contributed by atoms with van der Waals surface area (Å²) in [5.74, 6) is -1.99. The molecule has 316 valence electrons. The van der Waals surface area contributed by atoms with Gasteiger partial charge in [-0.3, -0.25) is 29.0 Å². The van der Waals surface area contributed by atoms with Crippen LogP contribution >= 0.6 is 0 Å². The SMILES string of the molecule is CCNc1nc2[nH]cc(CCc3ccc(C(=O)NCC(=O)OC4CCC(Nc5cc(-n6nc(C(F)(F)F)c7c6CC(C)(C)CC7=O)ccc5C(N)=O)CC4)cc3)c2c(=O)[nH]1. The van der Waals surface area contributed by atoms with E-state index in [0.717, 1.165) is 15.8 Å². The number of hydrogen-bond donors (Lipinski definition) is 6. The van der Waals surface area contributed by atoms with E-state index in [1.807, 2.05) is 32.9 Å². The summed E-state index contributed by atoms with van der Waals surface area (Å²) in [6, 6.07) is 11.2. The lowest BCUT2D eigenvalue weighted by molar-refractivity contribution is -0.149. The lowest BCUT2D eigenvalue weighted by Gasteiger charge is -2.30. The third-order valence-electron chi connectivity index (χ3n) is 10.9. The van der Waals surface area contributed by atoms with E-state index in [4.69, 9.17) is 10.5 Å². The lowest BCUT2D eigenvalue weighted by Crippen LogP contribution is -2.35. The number of nitrogens with two attached hydrogens (primary N) is 1. The molecule has 7 N–H and O–H groups in total. The number of alkyl halides is 3. The number of primary amides is 1. The number of fused-ring (bicyclic) bond motifs is 2. The number of Topliss-reactive ketones (excluding diaryl/α,β-unsaturated/α-hetero) is 1. The molecule has 0 saturated heterocycles. The van der Waals surface area contributed by atoms with Gasteiger partial charge in [-0.1, -0.05) is 26.0 Å². The molecular weight excluding hydrogens is 784 g/mol. The molecule has 2 aliphatic carbocycles. The summed E-state index contributed by atoms with van der Waals surface area (Å²) in [5.41, 5.74) is 6.67. The first-order valence-electron chi connectivity index (χ1n) is 19.8. The van der Waals surface area contributed by atoms with Crippen LogP contribution in [0.3, 0.4) is 0 Å². The quantitative estimate of drug-likeness (QED) is 0.0805. The number of carbonyl (C=O) groups excluding carboxylic acids is 4. The number of rotatable bonds is 13. The molecule has 0 unspecified atom stereocenters. The minimum Gasteiger partial charge on any atom is -0.461 e. The van der Waals surface area contributed by atoms with Gasteiger partial charge in [-0.15, -0.1) is 0 Å². The van der Waals surface area contributed by atoms with Gasteiger partial charge in [-0.2, -0.15) is 23.3 Å². The molecule has 60 heavy (non-hydrogen) atoms. The maximum absolute atomic E-state index is 14.1. The van der Waals surface area contributed by atoms with Crippen molar-refractivity contribution in [1.82, 2.24) is 30.0 Å². The van der Waals surface area contributed by atoms with Crippen LogP contribution in [0.2, 0.25) is 0 Å². The summed E-state index contributed by atoms with van der Waals surface area (Å²) < 4.78 is 48.9. The highest BCUT2D eigenvalue weighted by atomic mass is 19.4. The second-order valence-corrected chi connectivity index (χ2v) is 16.1. The number of aromatic amines is 2. The molecule has 1 saturated carbocycles. The molecular formula is C42H46F3N9O6. The van der Waals surface area contributed by atoms with Gasteiger partial charge < -0.3 is 31.4 Å². The van der Waals surface area contributed by atoms with Crippen molar-refractivity contribution in [2.75, 3.05) is 23.7 Å². The molecule has 3 heterocycles. The molecule has 0 spiro atoms. The Morgan fingerprint density at radius 3 is 2.43 bits per heavy atom. The van der Waals surface area contributed by atoms with E-state index >= 15 is 0 Å². The smallest absolute Gasteiger partial charge is 0.435 e. The molecule has 15 nitrogen and oxygen atoms in total. The van der Waals surface area contributed by atoms with Crippen molar-refractivity contribution in [2.24, 2.45) is 11.1 Å². The van der Waals surface area contributed by atoms with E-state index in [9.17, 15) is 37.1 Å². The van der Waals surface area contributed by atoms with Gasteiger partial charge in [0.1, 0.15) is 18.3 Å². The second-order valence-electron chi connectivity index (χ2n) is 16.1. The number of benzene rings is 2. The molecule has 2 aromatic carbocycles. The van der Waals surface area contributed by atoms with Crippen molar-refractivity contribution in [1.29, 1.82) is 0 Å². The first kappa shape index (κ1) is 41.7. The van der Waals surface area contributed by atoms with Gasteiger partial charge >= 0.3 is 12.1 Å². The van der Waals surface area contributed by atoms with E-state index in [-0.39, 0.29) is 47.9 Å². The molecule has 1 fully saturated rings. The van der Waals surface area contributed by atoms with Crippen molar-refractivity contribution in [3.63, 3.8) is 0 Å². The van der Waals surface area contributed by atoms with Crippen molar-refractivity contribution < 1.29 is 37.1 Å². The Morgan fingerprint density at radius 2 is 1.75 bits per heavy atom. The topological polar surface area (TPSA) is 219 Å². The van der Waals surface area contributed by atoms with Crippen LogP contribution < -0.4 is 27.2 Å². The zero-order valence-corrected chi connectivity index (χ0v) is 33.3. The van der Waals surface area contributed by atoms with Crippen molar-refractivity contribution in [3.8, 4) is 5.69 Å². The summed E-state index contributed by atoms with van der Waals surface area (Å²) in [5, 5.41) is 13.3. The Kier molecular flexibility index (Phi) is 11.6. The largest absolute Gasteiger partial charge is 0.461 e.